The van der Waals surface area contributed by atoms with Crippen LogP contribution in [0.5, 0.6) is 0 Å². The Hall–Kier alpha value is -2.01. The Balaban J connectivity index is 2.13. The van der Waals surface area contributed by atoms with Gasteiger partial charge in [-0.25, -0.2) is 15.0 Å². The molecule has 1 aliphatic heterocycles. The number of nitrogen functional groups attached to an aromatic ring is 1. The molecule has 1 unspecified atom stereocenters. The second-order valence-corrected chi connectivity index (χ2v) is 5.76. The van der Waals surface area contributed by atoms with Gasteiger partial charge in [0.25, 0.3) is 0 Å². The lowest BCUT2D eigenvalue weighted by molar-refractivity contribution is -0.0501. The van der Waals surface area contributed by atoms with Crippen molar-refractivity contribution >= 4 is 22.9 Å². The number of aliphatic hydroxyl groups is 3. The van der Waals surface area contributed by atoms with E-state index in [1.54, 1.807) is 0 Å². The van der Waals surface area contributed by atoms with Crippen molar-refractivity contribution in [2.75, 3.05) is 17.7 Å². The molecule has 0 bridgehead atoms. The predicted octanol–water partition coefficient (Wildman–Crippen LogP) is -1.16. The molecule has 2 aromatic heterocycles. The zero-order chi connectivity index (χ0) is 16.7. The van der Waals surface area contributed by atoms with Crippen molar-refractivity contribution < 1.29 is 20.1 Å². The van der Waals surface area contributed by atoms with Crippen LogP contribution >= 0.6 is 0 Å². The van der Waals surface area contributed by atoms with Gasteiger partial charge in [-0.3, -0.25) is 4.57 Å². The molecule has 1 fully saturated rings. The van der Waals surface area contributed by atoms with Gasteiger partial charge in [-0.15, -0.1) is 0 Å². The molecule has 10 nitrogen and oxygen atoms in total. The summed E-state index contributed by atoms with van der Waals surface area (Å²) in [6.07, 6.45) is -3.01. The fourth-order valence-electron chi connectivity index (χ4n) is 2.62. The van der Waals surface area contributed by atoms with Crippen LogP contribution in [0.1, 0.15) is 20.1 Å². The maximum Gasteiger partial charge on any atom is 0.207 e. The van der Waals surface area contributed by atoms with Gasteiger partial charge in [-0.05, 0) is 13.8 Å². The number of aliphatic hydroxyl groups excluding tert-OH is 3. The minimum Gasteiger partial charge on any atom is -0.394 e. The number of imidazole rings is 1. The highest BCUT2D eigenvalue weighted by Gasteiger charge is 2.45. The van der Waals surface area contributed by atoms with Gasteiger partial charge in [0.15, 0.2) is 23.2 Å². The number of rotatable bonds is 4. The van der Waals surface area contributed by atoms with E-state index < -0.39 is 31.1 Å². The second kappa shape index (κ2) is 5.89. The van der Waals surface area contributed by atoms with Crippen molar-refractivity contribution in [3.8, 4) is 0 Å². The van der Waals surface area contributed by atoms with Crippen molar-refractivity contribution in [2.24, 2.45) is 0 Å². The van der Waals surface area contributed by atoms with E-state index >= 15 is 0 Å². The highest BCUT2D eigenvalue weighted by atomic mass is 16.6. The van der Waals surface area contributed by atoms with Crippen LogP contribution in [-0.4, -0.2) is 65.8 Å². The van der Waals surface area contributed by atoms with E-state index in [0.29, 0.717) is 17.1 Å². The standard InChI is InChI=1S/C13H20N6O4/c1-5(2)17-13-18-7-10(14)15-4-16-11(7)19(13)12-9(22)8(21)6(3-20)23-12/h4-6,8-9,12,20-22H,3H2,1-2H3,(H,17,18)(H2,14,15,16)/t6-,8-,9-,12?/m1/s1. The van der Waals surface area contributed by atoms with Crippen LogP contribution in [0.25, 0.3) is 11.2 Å². The number of hydrogen-bond acceptors (Lipinski definition) is 9. The van der Waals surface area contributed by atoms with E-state index in [9.17, 15) is 15.3 Å². The molecule has 0 spiro atoms. The third-order valence-electron chi connectivity index (χ3n) is 3.69. The zero-order valence-electron chi connectivity index (χ0n) is 12.8. The minimum atomic E-state index is -1.24. The van der Waals surface area contributed by atoms with Crippen molar-refractivity contribution in [3.05, 3.63) is 6.33 Å². The third-order valence-corrected chi connectivity index (χ3v) is 3.69. The van der Waals surface area contributed by atoms with E-state index in [-0.39, 0.29) is 11.9 Å². The van der Waals surface area contributed by atoms with Gasteiger partial charge in [0.1, 0.15) is 24.6 Å². The summed E-state index contributed by atoms with van der Waals surface area (Å²) in [5, 5.41) is 32.6. The monoisotopic (exact) mass is 324 g/mol. The Morgan fingerprint density at radius 2 is 2.09 bits per heavy atom. The van der Waals surface area contributed by atoms with Crippen LogP contribution < -0.4 is 11.1 Å². The Morgan fingerprint density at radius 1 is 1.35 bits per heavy atom. The molecule has 6 N–H and O–H groups in total. The number of nitrogens with zero attached hydrogens (tertiary/aromatic N) is 4. The van der Waals surface area contributed by atoms with Gasteiger partial charge in [-0.2, -0.15) is 0 Å². The predicted molar refractivity (Wildman–Crippen MR) is 81.5 cm³/mol. The molecular weight excluding hydrogens is 304 g/mol. The maximum atomic E-state index is 10.3. The summed E-state index contributed by atoms with van der Waals surface area (Å²) in [6, 6.07) is 0.0526. The fraction of sp³-hybridized carbons (Fsp3) is 0.615. The summed E-state index contributed by atoms with van der Waals surface area (Å²) < 4.78 is 7.11. The number of nitrogens with one attached hydrogen (secondary N) is 1. The lowest BCUT2D eigenvalue weighted by Crippen LogP contribution is -2.33. The van der Waals surface area contributed by atoms with Crippen LogP contribution in [0.15, 0.2) is 6.33 Å². The van der Waals surface area contributed by atoms with Gasteiger partial charge >= 0.3 is 0 Å². The largest absolute Gasteiger partial charge is 0.394 e. The lowest BCUT2D eigenvalue weighted by Gasteiger charge is -2.20. The smallest absolute Gasteiger partial charge is 0.207 e. The first-order valence-corrected chi connectivity index (χ1v) is 7.31. The summed E-state index contributed by atoms with van der Waals surface area (Å²) >= 11 is 0. The van der Waals surface area contributed by atoms with Crippen LogP contribution in [0, 0.1) is 0 Å². The number of aromatic nitrogens is 4. The normalized spacial score (nSPS) is 27.9. The van der Waals surface area contributed by atoms with E-state index in [4.69, 9.17) is 10.5 Å². The average Bonchev–Trinajstić information content (AvgIpc) is 2.98. The number of hydrogen-bond donors (Lipinski definition) is 5. The highest BCUT2D eigenvalue weighted by molar-refractivity contribution is 5.84. The summed E-state index contributed by atoms with van der Waals surface area (Å²) in [4.78, 5) is 12.4. The van der Waals surface area contributed by atoms with E-state index in [2.05, 4.69) is 20.3 Å². The van der Waals surface area contributed by atoms with Gasteiger partial charge in [0.05, 0.1) is 6.61 Å². The van der Waals surface area contributed by atoms with Crippen molar-refractivity contribution in [1.82, 2.24) is 19.5 Å². The molecule has 2 aromatic rings. The van der Waals surface area contributed by atoms with Crippen LogP contribution in [0.2, 0.25) is 0 Å². The fourth-order valence-corrected chi connectivity index (χ4v) is 2.62. The molecule has 1 aliphatic rings. The van der Waals surface area contributed by atoms with Crippen LogP contribution in [0.3, 0.4) is 0 Å². The summed E-state index contributed by atoms with van der Waals surface area (Å²) in [5.41, 5.74) is 6.58. The maximum absolute atomic E-state index is 10.3. The minimum absolute atomic E-state index is 0.0526. The van der Waals surface area contributed by atoms with E-state index in [1.807, 2.05) is 13.8 Å². The van der Waals surface area contributed by atoms with Gasteiger partial charge < -0.3 is 31.1 Å². The topological polar surface area (TPSA) is 152 Å². The number of anilines is 2. The summed E-state index contributed by atoms with van der Waals surface area (Å²) in [7, 11) is 0. The Morgan fingerprint density at radius 3 is 2.70 bits per heavy atom. The Labute approximate surface area is 131 Å². The Bertz CT molecular complexity index is 705. The molecule has 0 aliphatic carbocycles. The quantitative estimate of drug-likeness (QED) is 0.469. The molecule has 0 radical (unpaired) electrons. The van der Waals surface area contributed by atoms with Gasteiger partial charge in [0, 0.05) is 6.04 Å². The second-order valence-electron chi connectivity index (χ2n) is 5.76. The Kier molecular flexibility index (Phi) is 4.06. The molecule has 23 heavy (non-hydrogen) atoms. The highest BCUT2D eigenvalue weighted by Crippen LogP contribution is 2.35. The first-order chi connectivity index (χ1) is 10.9. The van der Waals surface area contributed by atoms with Crippen molar-refractivity contribution in [3.63, 3.8) is 0 Å². The molecule has 0 amide bonds. The molecule has 3 heterocycles. The van der Waals surface area contributed by atoms with Gasteiger partial charge in [0.2, 0.25) is 5.95 Å². The van der Waals surface area contributed by atoms with E-state index in [0.717, 1.165) is 0 Å². The SMILES string of the molecule is CC(C)Nc1nc2c(N)ncnc2n1C1O[C@H](CO)[C@@H](O)[C@H]1O. The molecule has 4 atom stereocenters. The summed E-state index contributed by atoms with van der Waals surface area (Å²) in [6.45, 7) is 3.44. The molecule has 1 saturated heterocycles. The van der Waals surface area contributed by atoms with Crippen molar-refractivity contribution in [2.45, 2.75) is 44.4 Å². The third kappa shape index (κ3) is 2.59. The van der Waals surface area contributed by atoms with Crippen LogP contribution in [-0.2, 0) is 4.74 Å². The number of ether oxygens (including phenoxy) is 1. The van der Waals surface area contributed by atoms with Crippen molar-refractivity contribution in [1.29, 1.82) is 0 Å². The van der Waals surface area contributed by atoms with Crippen LogP contribution in [0.4, 0.5) is 11.8 Å². The number of fused-ring (bicyclic) bond motifs is 1. The molecule has 0 aromatic carbocycles. The zero-order valence-corrected chi connectivity index (χ0v) is 12.8. The molecular formula is C13H20N6O4. The number of nitrogens with two attached hydrogens (primary N) is 1. The van der Waals surface area contributed by atoms with Gasteiger partial charge in [-0.1, -0.05) is 0 Å². The molecule has 10 heteroatoms. The first kappa shape index (κ1) is 15.9. The molecule has 126 valence electrons. The average molecular weight is 324 g/mol. The molecule has 0 saturated carbocycles. The first-order valence-electron chi connectivity index (χ1n) is 7.31. The summed E-state index contributed by atoms with van der Waals surface area (Å²) in [5.74, 6) is 0.587. The molecule has 3 rings (SSSR count). The van der Waals surface area contributed by atoms with E-state index in [1.165, 1.54) is 10.9 Å². The lowest BCUT2D eigenvalue weighted by atomic mass is 10.1.